The van der Waals surface area contributed by atoms with Crippen LogP contribution in [0.15, 0.2) is 0 Å². The molecular formula is C46H73NO2S. The van der Waals surface area contributed by atoms with Crippen LogP contribution in [0.4, 0.5) is 0 Å². The maximum atomic E-state index is 7.78. The minimum absolute atomic E-state index is 0.508. The highest BCUT2D eigenvalue weighted by Crippen LogP contribution is 2.61. The van der Waals surface area contributed by atoms with E-state index in [4.69, 9.17) is 9.47 Å². The van der Waals surface area contributed by atoms with Crippen molar-refractivity contribution in [2.75, 3.05) is 0 Å². The quantitative estimate of drug-likeness (QED) is 0.291. The van der Waals surface area contributed by atoms with Crippen molar-refractivity contribution in [1.82, 2.24) is 4.90 Å². The Labute approximate surface area is 310 Å². The molecule has 3 aliphatic heterocycles. The molecule has 3 heterocycles. The van der Waals surface area contributed by atoms with Gasteiger partial charge in [-0.25, -0.2) is 0 Å². The van der Waals surface area contributed by atoms with E-state index in [1.165, 1.54) is 141 Å². The third kappa shape index (κ3) is 5.71. The zero-order valence-electron chi connectivity index (χ0n) is 31.7. The van der Waals surface area contributed by atoms with Crippen LogP contribution in [0.2, 0.25) is 0 Å². The first-order chi connectivity index (χ1) is 24.8. The number of ether oxygens (including phenoxy) is 2. The second-order valence-corrected chi connectivity index (χ2v) is 22.3. The molecule has 11 fully saturated rings. The van der Waals surface area contributed by atoms with Gasteiger partial charge in [-0.3, -0.25) is 4.90 Å². The zero-order valence-corrected chi connectivity index (χ0v) is 32.5. The van der Waals surface area contributed by atoms with Crippen molar-refractivity contribution in [3.05, 3.63) is 0 Å². The molecule has 0 aromatic rings. The summed E-state index contributed by atoms with van der Waals surface area (Å²) in [6.45, 7) is 0. The lowest BCUT2D eigenvalue weighted by Crippen LogP contribution is -2.61. The van der Waals surface area contributed by atoms with Crippen molar-refractivity contribution in [2.45, 2.75) is 226 Å². The molecular weight excluding hydrogens is 631 g/mol. The van der Waals surface area contributed by atoms with E-state index in [2.05, 4.69) is 16.7 Å². The highest BCUT2D eigenvalue weighted by atomic mass is 32.2. The van der Waals surface area contributed by atoms with E-state index in [1.807, 2.05) is 0 Å². The first-order valence-electron chi connectivity index (χ1n) is 23.5. The van der Waals surface area contributed by atoms with Crippen molar-refractivity contribution in [2.24, 2.45) is 59.2 Å². The first kappa shape index (κ1) is 33.6. The molecule has 0 aromatic carbocycles. The monoisotopic (exact) mass is 704 g/mol. The molecule has 8 saturated carbocycles. The van der Waals surface area contributed by atoms with Gasteiger partial charge in [-0.05, 0) is 162 Å². The third-order valence-corrected chi connectivity index (χ3v) is 20.8. The highest BCUT2D eigenvalue weighted by Gasteiger charge is 2.61. The Bertz CT molecular complexity index is 1190. The normalized spacial score (nSPS) is 56.0. The van der Waals surface area contributed by atoms with Crippen molar-refractivity contribution >= 4 is 11.8 Å². The number of nitrogens with zero attached hydrogens (tertiary/aromatic N) is 1. The number of thioether (sulfide) groups is 1. The average Bonchev–Trinajstić information content (AvgIpc) is 3.87. The summed E-state index contributed by atoms with van der Waals surface area (Å²) in [4.78, 5) is 3.31. The predicted octanol–water partition coefficient (Wildman–Crippen LogP) is 11.2. The van der Waals surface area contributed by atoms with E-state index < -0.39 is 0 Å². The van der Waals surface area contributed by atoms with Gasteiger partial charge in [-0.1, -0.05) is 64.2 Å². The molecule has 11 rings (SSSR count). The van der Waals surface area contributed by atoms with Gasteiger partial charge in [0, 0.05) is 34.5 Å². The molecule has 280 valence electrons. The molecule has 0 N–H and O–H groups in total. The molecule has 3 saturated heterocycles. The average molecular weight is 704 g/mol. The highest BCUT2D eigenvalue weighted by molar-refractivity contribution is 8.00. The van der Waals surface area contributed by atoms with Gasteiger partial charge in [0.2, 0.25) is 0 Å². The van der Waals surface area contributed by atoms with Gasteiger partial charge in [0.05, 0.1) is 24.4 Å². The summed E-state index contributed by atoms with van der Waals surface area (Å²) in [6.07, 6.45) is 42.3. The smallest absolute Gasteiger partial charge is 0.0766 e. The van der Waals surface area contributed by atoms with E-state index in [0.29, 0.717) is 36.5 Å². The second kappa shape index (κ2) is 14.1. The lowest BCUT2D eigenvalue weighted by Gasteiger charge is -2.53. The molecule has 17 atom stereocenters. The van der Waals surface area contributed by atoms with Crippen molar-refractivity contribution in [3.63, 3.8) is 0 Å². The molecule has 8 aliphatic carbocycles. The largest absolute Gasteiger partial charge is 0.373 e. The van der Waals surface area contributed by atoms with Crippen LogP contribution in [0.1, 0.15) is 173 Å². The lowest BCUT2D eigenvalue weighted by atomic mass is 9.62. The summed E-state index contributed by atoms with van der Waals surface area (Å²) in [5, 5.41) is 1.87. The van der Waals surface area contributed by atoms with E-state index in [9.17, 15) is 0 Å². The molecule has 0 aromatic heterocycles. The van der Waals surface area contributed by atoms with Crippen LogP contribution in [0.25, 0.3) is 0 Å². The van der Waals surface area contributed by atoms with Crippen molar-refractivity contribution < 1.29 is 9.47 Å². The van der Waals surface area contributed by atoms with Gasteiger partial charge in [-0.15, -0.1) is 0 Å². The fraction of sp³-hybridized carbons (Fsp3) is 1.00. The minimum Gasteiger partial charge on any atom is -0.373 e. The minimum atomic E-state index is 0.508. The van der Waals surface area contributed by atoms with Crippen LogP contribution in [0.5, 0.6) is 0 Å². The number of fused-ring (bicyclic) bond motifs is 11. The number of hydrogen-bond acceptors (Lipinski definition) is 4. The third-order valence-electron chi connectivity index (χ3n) is 19.0. The van der Waals surface area contributed by atoms with E-state index in [1.54, 1.807) is 32.1 Å². The summed E-state index contributed by atoms with van der Waals surface area (Å²) >= 11 is 2.44. The Kier molecular flexibility index (Phi) is 9.44. The Balaban J connectivity index is 0.865. The van der Waals surface area contributed by atoms with Crippen LogP contribution in [0.3, 0.4) is 0 Å². The maximum absolute atomic E-state index is 7.78. The summed E-state index contributed by atoms with van der Waals surface area (Å²) < 4.78 is 15.1. The van der Waals surface area contributed by atoms with Gasteiger partial charge in [0.25, 0.3) is 0 Å². The van der Waals surface area contributed by atoms with Crippen LogP contribution in [-0.4, -0.2) is 57.9 Å². The molecule has 0 amide bonds. The first-order valence-corrected chi connectivity index (χ1v) is 24.5. The van der Waals surface area contributed by atoms with Gasteiger partial charge >= 0.3 is 0 Å². The molecule has 0 bridgehead atoms. The van der Waals surface area contributed by atoms with Crippen LogP contribution < -0.4 is 0 Å². The summed E-state index contributed by atoms with van der Waals surface area (Å²) in [5.74, 6) is 9.50. The molecule has 0 spiro atoms. The van der Waals surface area contributed by atoms with Gasteiger partial charge in [0.15, 0.2) is 0 Å². The van der Waals surface area contributed by atoms with Gasteiger partial charge in [0.1, 0.15) is 0 Å². The lowest BCUT2D eigenvalue weighted by molar-refractivity contribution is -0.125. The van der Waals surface area contributed by atoms with Crippen LogP contribution in [0, 0.1) is 59.2 Å². The van der Waals surface area contributed by atoms with Crippen molar-refractivity contribution in [3.8, 4) is 0 Å². The second-order valence-electron chi connectivity index (χ2n) is 20.9. The number of rotatable bonds is 4. The molecule has 4 heteroatoms. The maximum Gasteiger partial charge on any atom is 0.0766 e. The van der Waals surface area contributed by atoms with E-state index in [-0.39, 0.29) is 0 Å². The molecule has 11 aliphatic rings. The standard InChI is InChI=1S/C46H73NO2S/c1-2-10-30-27-31(20-19-28(30)9-1)29-21-23-32(24-22-29)47(38-15-7-13-34-33-11-3-5-17-40(33)48-44(34)38)39-16-8-14-35-36-25-26-42-43(46(36)49-45(35)39)37-12-4-6-18-41(37)50-42/h28-46H,1-27H2. The molecule has 0 radical (unpaired) electrons. The van der Waals surface area contributed by atoms with E-state index >= 15 is 0 Å². The Morgan fingerprint density at radius 1 is 0.380 bits per heavy atom. The number of hydrogen-bond donors (Lipinski definition) is 0. The summed E-state index contributed by atoms with van der Waals surface area (Å²) in [5.41, 5.74) is 0. The molecule has 3 nitrogen and oxygen atoms in total. The molecule has 50 heavy (non-hydrogen) atoms. The van der Waals surface area contributed by atoms with Crippen molar-refractivity contribution in [1.29, 1.82) is 0 Å². The van der Waals surface area contributed by atoms with E-state index in [0.717, 1.165) is 75.7 Å². The van der Waals surface area contributed by atoms with Crippen LogP contribution >= 0.6 is 11.8 Å². The fourth-order valence-corrected chi connectivity index (χ4v) is 19.0. The topological polar surface area (TPSA) is 21.7 Å². The predicted molar refractivity (Wildman–Crippen MR) is 205 cm³/mol. The van der Waals surface area contributed by atoms with Crippen LogP contribution in [-0.2, 0) is 9.47 Å². The summed E-state index contributed by atoms with van der Waals surface area (Å²) in [6, 6.07) is 2.09. The SMILES string of the molecule is C1CCC2CC(C3CCC(N(C4CCCC5C6CCCCC6OC54)C4CCCC5C6CCC7SC8CCCCC8C7C6OC54)CC3)CCC2C1. The Hall–Kier alpha value is 0.230. The Morgan fingerprint density at radius 3 is 1.80 bits per heavy atom. The van der Waals surface area contributed by atoms with Gasteiger partial charge < -0.3 is 9.47 Å². The van der Waals surface area contributed by atoms with Gasteiger partial charge in [-0.2, -0.15) is 11.8 Å². The molecule has 17 unspecified atom stereocenters. The zero-order chi connectivity index (χ0) is 32.8. The Morgan fingerprint density at radius 2 is 0.960 bits per heavy atom. The fourth-order valence-electron chi connectivity index (χ4n) is 17.0. The summed E-state index contributed by atoms with van der Waals surface area (Å²) in [7, 11) is 0.